The number of likely N-dealkylation sites (tertiary alicyclic amines) is 1. The van der Waals surface area contributed by atoms with Gasteiger partial charge in [0.2, 0.25) is 11.1 Å². The highest BCUT2D eigenvalue weighted by molar-refractivity contribution is 6.66. The fourth-order valence-electron chi connectivity index (χ4n) is 10.4. The lowest BCUT2D eigenvalue weighted by Gasteiger charge is -2.33. The van der Waals surface area contributed by atoms with Gasteiger partial charge in [-0.05, 0) is 116 Å². The lowest BCUT2D eigenvalue weighted by Crippen LogP contribution is -2.49. The zero-order valence-electron chi connectivity index (χ0n) is 43.5. The predicted molar refractivity (Wildman–Crippen MR) is 292 cm³/mol. The summed E-state index contributed by atoms with van der Waals surface area (Å²) in [4.78, 5) is 85.8. The second kappa shape index (κ2) is 26.6. The van der Waals surface area contributed by atoms with Crippen LogP contribution in [-0.4, -0.2) is 130 Å². The van der Waals surface area contributed by atoms with Crippen molar-refractivity contribution in [3.63, 3.8) is 0 Å². The van der Waals surface area contributed by atoms with E-state index in [-0.39, 0.29) is 89.7 Å². The summed E-state index contributed by atoms with van der Waals surface area (Å²) in [7, 11) is 0. The number of nitrogens with one attached hydrogen (secondary N) is 5. The molecule has 4 unspecified atom stereocenters. The second-order valence-corrected chi connectivity index (χ2v) is 20.0. The number of rotatable bonds is 12. The molecule has 4 aliphatic heterocycles. The van der Waals surface area contributed by atoms with Gasteiger partial charge in [0.15, 0.2) is 11.4 Å². The molecule has 0 aliphatic carbocycles. The normalized spacial score (nSPS) is 18.5. The minimum atomic E-state index is -0.509. The maximum absolute atomic E-state index is 13.6. The Bertz CT molecular complexity index is 3080. The first kappa shape index (κ1) is 58.0. The van der Waals surface area contributed by atoms with Gasteiger partial charge in [0.1, 0.15) is 23.0 Å². The van der Waals surface area contributed by atoms with Crippen LogP contribution >= 0.6 is 24.0 Å². The van der Waals surface area contributed by atoms with Gasteiger partial charge in [-0.3, -0.25) is 38.1 Å². The van der Waals surface area contributed by atoms with Crippen molar-refractivity contribution in [3.05, 3.63) is 179 Å². The van der Waals surface area contributed by atoms with E-state index in [0.717, 1.165) is 72.9 Å². The third kappa shape index (κ3) is 14.1. The Morgan fingerprint density at radius 3 is 1.54 bits per heavy atom. The predicted octanol–water partition coefficient (Wildman–Crippen LogP) is 7.06. The highest BCUT2D eigenvalue weighted by Crippen LogP contribution is 2.34. The number of H-pyrrole nitrogens is 2. The Balaban J connectivity index is 0.000000207. The van der Waals surface area contributed by atoms with E-state index in [2.05, 4.69) is 39.1 Å². The molecule has 0 spiro atoms. The number of hydrogen-bond donors (Lipinski definition) is 5. The van der Waals surface area contributed by atoms with Gasteiger partial charge in [0.05, 0.1) is 26.2 Å². The van der Waals surface area contributed by atoms with Gasteiger partial charge in [0.25, 0.3) is 23.6 Å². The number of allylic oxidation sites excluding steroid dienone is 1. The van der Waals surface area contributed by atoms with Crippen LogP contribution in [0.25, 0.3) is 0 Å². The van der Waals surface area contributed by atoms with E-state index in [0.29, 0.717) is 68.5 Å². The molecule has 4 aromatic heterocycles. The zero-order valence-corrected chi connectivity index (χ0v) is 45.1. The van der Waals surface area contributed by atoms with Crippen molar-refractivity contribution < 1.29 is 37.5 Å². The first-order valence-electron chi connectivity index (χ1n) is 25.7. The van der Waals surface area contributed by atoms with Crippen molar-refractivity contribution in [2.75, 3.05) is 39.3 Å². The Morgan fingerprint density at radius 1 is 0.667 bits per heavy atom. The van der Waals surface area contributed by atoms with Crippen LogP contribution in [0, 0.1) is 11.6 Å². The van der Waals surface area contributed by atoms with Gasteiger partial charge in [-0.25, -0.2) is 8.78 Å². The van der Waals surface area contributed by atoms with Crippen LogP contribution in [0.5, 0.6) is 0 Å². The standard InChI is InChI=1S/C28H31FN6O3.C25H29FN6O2.C3H3ClO.ClH/c1-3-24(36)33-13-5-6-21(16-33)31-27(37)25-22-17-34(28(38)23-7-4-12-30-23)14-18(2)26(22)35(32-25)15-19-8-10-20(29)11-9-19;1-16-13-31(25(34)21-5-3-11-28-21)15-20-22(24(33)29-19-4-2-10-27-12-19)30-32(23(16)20)14-17-6-8-18(26)9-7-17;1-2-3(4)5;/h3-4,7-12,18,21,30H,1,5-6,13-17H2,2H3,(H,31,37);3,5-9,11,16,19,27-28H,2,4,10,12-15H2,1H3,(H,29,33);2H,1H2;1H. The van der Waals surface area contributed by atoms with Crippen LogP contribution in [0.4, 0.5) is 8.78 Å². The molecule has 18 nitrogen and oxygen atoms in total. The highest BCUT2D eigenvalue weighted by Gasteiger charge is 2.37. The van der Waals surface area contributed by atoms with Crippen molar-refractivity contribution in [3.8, 4) is 0 Å². The lowest BCUT2D eigenvalue weighted by atomic mass is 9.95. The molecular weight excluding hydrogens is 1050 g/mol. The van der Waals surface area contributed by atoms with E-state index >= 15 is 0 Å². The number of amides is 5. The van der Waals surface area contributed by atoms with Gasteiger partial charge in [-0.15, -0.1) is 12.4 Å². The average Bonchev–Trinajstić information content (AvgIpc) is 4.30. The molecule has 6 aromatic rings. The third-order valence-electron chi connectivity index (χ3n) is 14.0. The lowest BCUT2D eigenvalue weighted by molar-refractivity contribution is -0.127. The van der Waals surface area contributed by atoms with Crippen molar-refractivity contribution in [2.24, 2.45) is 0 Å². The fourth-order valence-corrected chi connectivity index (χ4v) is 10.4. The number of aromatic amines is 2. The molecule has 4 atom stereocenters. The van der Waals surface area contributed by atoms with E-state index in [1.165, 1.54) is 30.3 Å². The maximum atomic E-state index is 13.6. The van der Waals surface area contributed by atoms with Gasteiger partial charge in [0, 0.05) is 91.6 Å². The molecule has 10 rings (SSSR count). The summed E-state index contributed by atoms with van der Waals surface area (Å²) < 4.78 is 30.5. The SMILES string of the molecule is C=CC(=O)Cl.C=CC(=O)N1CCCC(NC(=O)c2nn(Cc3ccc(F)cc3)c3c2CN(C(=O)c2ccc[nH]2)CC3C)C1.CC1CN(C(=O)c2ccc[nH]2)Cc2c(C(=O)NC3CCCNC3)nn(Cc3ccc(F)cc3)c21.Cl. The molecule has 4 aliphatic rings. The van der Waals surface area contributed by atoms with Crippen LogP contribution in [0.3, 0.4) is 0 Å². The topological polar surface area (TPSA) is 215 Å². The quantitative estimate of drug-likeness (QED) is 0.0626. The van der Waals surface area contributed by atoms with Gasteiger partial charge < -0.3 is 40.6 Å². The van der Waals surface area contributed by atoms with Crippen molar-refractivity contribution in [1.29, 1.82) is 0 Å². The molecule has 0 radical (unpaired) electrons. The first-order chi connectivity index (χ1) is 37.1. The van der Waals surface area contributed by atoms with Gasteiger partial charge in [-0.1, -0.05) is 51.3 Å². The molecule has 2 saturated heterocycles. The van der Waals surface area contributed by atoms with Crippen LogP contribution in [0.15, 0.2) is 111 Å². The van der Waals surface area contributed by atoms with Crippen LogP contribution in [0.1, 0.15) is 127 Å². The summed E-state index contributed by atoms with van der Waals surface area (Å²) >= 11 is 4.71. The summed E-state index contributed by atoms with van der Waals surface area (Å²) in [5.74, 6) is -1.66. The molecular formula is C56H64Cl2F2N12O6. The Morgan fingerprint density at radius 2 is 1.13 bits per heavy atom. The number of piperidine rings is 2. The molecule has 2 aromatic carbocycles. The summed E-state index contributed by atoms with van der Waals surface area (Å²) in [5.41, 5.74) is 6.71. The number of halogens is 4. The minimum Gasteiger partial charge on any atom is -0.357 e. The minimum absolute atomic E-state index is 0. The Hall–Kier alpha value is -7.68. The van der Waals surface area contributed by atoms with E-state index in [1.54, 1.807) is 80.3 Å². The molecule has 2 fully saturated rings. The smallest absolute Gasteiger partial charge is 0.272 e. The largest absolute Gasteiger partial charge is 0.357 e. The molecule has 22 heteroatoms. The average molecular weight is 1110 g/mol. The summed E-state index contributed by atoms with van der Waals surface area (Å²) in [6.45, 7) is 15.8. The second-order valence-electron chi connectivity index (χ2n) is 19.7. The highest BCUT2D eigenvalue weighted by atomic mass is 35.5. The Labute approximate surface area is 462 Å². The molecule has 0 bridgehead atoms. The van der Waals surface area contributed by atoms with E-state index in [1.807, 2.05) is 18.5 Å². The number of hydrogen-bond acceptors (Lipinski definition) is 9. The number of benzene rings is 2. The summed E-state index contributed by atoms with van der Waals surface area (Å²) in [6, 6.07) is 19.4. The van der Waals surface area contributed by atoms with E-state index < -0.39 is 5.24 Å². The molecule has 8 heterocycles. The van der Waals surface area contributed by atoms with Gasteiger partial charge in [-0.2, -0.15) is 10.2 Å². The number of nitrogens with zero attached hydrogens (tertiary/aromatic N) is 7. The van der Waals surface area contributed by atoms with Crippen molar-refractivity contribution in [1.82, 2.24) is 60.2 Å². The first-order valence-corrected chi connectivity index (χ1v) is 26.1. The monoisotopic (exact) mass is 1110 g/mol. The molecule has 5 N–H and O–H groups in total. The van der Waals surface area contributed by atoms with E-state index in [9.17, 15) is 37.5 Å². The van der Waals surface area contributed by atoms with Crippen LogP contribution < -0.4 is 16.0 Å². The van der Waals surface area contributed by atoms with E-state index in [4.69, 9.17) is 21.8 Å². The molecule has 78 heavy (non-hydrogen) atoms. The third-order valence-corrected chi connectivity index (χ3v) is 14.1. The number of aromatic nitrogens is 6. The number of carbonyl (C=O) groups excluding carboxylic acids is 6. The van der Waals surface area contributed by atoms with Crippen LogP contribution in [-0.2, 0) is 35.8 Å². The molecule has 412 valence electrons. The Kier molecular flexibility index (Phi) is 19.8. The van der Waals surface area contributed by atoms with Crippen molar-refractivity contribution >= 4 is 58.8 Å². The number of fused-ring (bicyclic) bond motifs is 2. The van der Waals surface area contributed by atoms with Gasteiger partial charge >= 0.3 is 0 Å². The molecule has 5 amide bonds. The fraction of sp³-hybridized carbons (Fsp3) is 0.357. The van der Waals surface area contributed by atoms with Crippen molar-refractivity contribution in [2.45, 2.75) is 89.6 Å². The van der Waals surface area contributed by atoms with Crippen LogP contribution in [0.2, 0.25) is 0 Å². The zero-order chi connectivity index (χ0) is 54.8. The molecule has 0 saturated carbocycles. The maximum Gasteiger partial charge on any atom is 0.272 e. The summed E-state index contributed by atoms with van der Waals surface area (Å²) in [6.07, 6.45) is 9.22. The number of carbonyl (C=O) groups is 6. The summed E-state index contributed by atoms with van der Waals surface area (Å²) in [5, 5.41) is 18.4.